The number of carbonyl (C=O) groups is 1. The van der Waals surface area contributed by atoms with E-state index in [-0.39, 0.29) is 17.0 Å². The zero-order valence-electron chi connectivity index (χ0n) is 15.9. The Hall–Kier alpha value is -3.28. The van der Waals surface area contributed by atoms with Gasteiger partial charge in [0.2, 0.25) is 10.0 Å². The standard InChI is InChI=1S/C20H18N2O8S/c23-15-10-16-18(14-3-1-2-11(20(14)30-16)4-9-17(24)25)19(15)21-31(28,29)13-7-5-12(6-8-13)22(26)27/h1-9,15-16,18-19,21,23H,10H2,(H,24,25)/b9-4+. The number of carboxylic acid groups (broad SMARTS) is 1. The van der Waals surface area contributed by atoms with Gasteiger partial charge >= 0.3 is 5.97 Å². The molecule has 0 amide bonds. The first kappa shape index (κ1) is 21.0. The van der Waals surface area contributed by atoms with E-state index in [1.54, 1.807) is 18.2 Å². The molecule has 0 radical (unpaired) electrons. The Labute approximate surface area is 177 Å². The number of carboxylic acids is 1. The number of rotatable bonds is 6. The van der Waals surface area contributed by atoms with Gasteiger partial charge in [-0.2, -0.15) is 0 Å². The Bertz CT molecular complexity index is 1180. The van der Waals surface area contributed by atoms with E-state index in [1.165, 1.54) is 6.08 Å². The summed E-state index contributed by atoms with van der Waals surface area (Å²) < 4.78 is 34.2. The number of aliphatic carboxylic acids is 1. The van der Waals surface area contributed by atoms with Crippen LogP contribution in [0.5, 0.6) is 5.75 Å². The molecule has 4 atom stereocenters. The highest BCUT2D eigenvalue weighted by Crippen LogP contribution is 2.49. The van der Waals surface area contributed by atoms with Gasteiger partial charge in [-0.3, -0.25) is 10.1 Å². The second kappa shape index (κ2) is 7.76. The number of benzene rings is 2. The van der Waals surface area contributed by atoms with Crippen LogP contribution in [0.3, 0.4) is 0 Å². The van der Waals surface area contributed by atoms with Gasteiger partial charge in [0.05, 0.1) is 22.0 Å². The Kier molecular flexibility index (Phi) is 5.25. The number of para-hydroxylation sites is 1. The van der Waals surface area contributed by atoms with Crippen LogP contribution in [0.25, 0.3) is 6.08 Å². The van der Waals surface area contributed by atoms with E-state index in [4.69, 9.17) is 9.84 Å². The van der Waals surface area contributed by atoms with Crippen LogP contribution in [-0.4, -0.2) is 47.8 Å². The number of aliphatic hydroxyl groups excluding tert-OH is 1. The van der Waals surface area contributed by atoms with Crippen molar-refractivity contribution in [1.82, 2.24) is 4.72 Å². The maximum absolute atomic E-state index is 12.9. The third kappa shape index (κ3) is 3.90. The molecule has 4 unspecified atom stereocenters. The van der Waals surface area contributed by atoms with E-state index in [2.05, 4.69) is 4.72 Å². The van der Waals surface area contributed by atoms with Gasteiger partial charge in [0.25, 0.3) is 5.69 Å². The van der Waals surface area contributed by atoms with Crippen LogP contribution in [-0.2, 0) is 14.8 Å². The molecule has 1 aliphatic heterocycles. The van der Waals surface area contributed by atoms with Crippen molar-refractivity contribution in [2.75, 3.05) is 0 Å². The van der Waals surface area contributed by atoms with Crippen molar-refractivity contribution < 1.29 is 33.1 Å². The van der Waals surface area contributed by atoms with Crippen molar-refractivity contribution in [3.8, 4) is 5.75 Å². The van der Waals surface area contributed by atoms with Gasteiger partial charge in [-0.25, -0.2) is 17.9 Å². The number of nitrogens with one attached hydrogen (secondary N) is 1. The highest BCUT2D eigenvalue weighted by molar-refractivity contribution is 7.89. The molecule has 11 heteroatoms. The minimum Gasteiger partial charge on any atom is -0.489 e. The average molecular weight is 446 g/mol. The van der Waals surface area contributed by atoms with E-state index in [1.807, 2.05) is 0 Å². The fraction of sp³-hybridized carbons (Fsp3) is 0.250. The second-order valence-corrected chi connectivity index (χ2v) is 9.03. The zero-order chi connectivity index (χ0) is 22.3. The number of nitro groups is 1. The largest absolute Gasteiger partial charge is 0.489 e. The number of ether oxygens (including phenoxy) is 1. The first-order valence-electron chi connectivity index (χ1n) is 9.33. The molecule has 0 bridgehead atoms. The smallest absolute Gasteiger partial charge is 0.328 e. The zero-order valence-corrected chi connectivity index (χ0v) is 16.7. The van der Waals surface area contributed by atoms with Crippen LogP contribution in [0.15, 0.2) is 53.4 Å². The number of non-ortho nitro benzene ring substituents is 1. The topological polar surface area (TPSA) is 156 Å². The molecule has 1 aliphatic carbocycles. The molecular formula is C20H18N2O8S. The lowest BCUT2D eigenvalue weighted by Crippen LogP contribution is -2.43. The lowest BCUT2D eigenvalue weighted by Gasteiger charge is -2.22. The van der Waals surface area contributed by atoms with Gasteiger partial charge in [0, 0.05) is 41.7 Å². The number of hydrogen-bond donors (Lipinski definition) is 3. The van der Waals surface area contributed by atoms with Crippen molar-refractivity contribution in [2.24, 2.45) is 0 Å². The highest BCUT2D eigenvalue weighted by atomic mass is 32.2. The molecule has 0 aromatic heterocycles. The van der Waals surface area contributed by atoms with Gasteiger partial charge in [-0.15, -0.1) is 0 Å². The molecular weight excluding hydrogens is 428 g/mol. The van der Waals surface area contributed by atoms with Crippen LogP contribution in [0.2, 0.25) is 0 Å². The van der Waals surface area contributed by atoms with Crippen LogP contribution < -0.4 is 9.46 Å². The lowest BCUT2D eigenvalue weighted by atomic mass is 9.93. The van der Waals surface area contributed by atoms with E-state index in [0.717, 1.165) is 30.3 Å². The minimum absolute atomic E-state index is 0.161. The minimum atomic E-state index is -4.07. The molecule has 0 saturated heterocycles. The molecule has 2 aromatic carbocycles. The monoisotopic (exact) mass is 446 g/mol. The Balaban J connectivity index is 1.63. The number of fused-ring (bicyclic) bond motifs is 3. The molecule has 1 heterocycles. The summed E-state index contributed by atoms with van der Waals surface area (Å²) in [4.78, 5) is 20.8. The van der Waals surface area contributed by atoms with Crippen molar-refractivity contribution in [3.63, 3.8) is 0 Å². The van der Waals surface area contributed by atoms with Crippen LogP contribution in [0.1, 0.15) is 23.5 Å². The SMILES string of the molecule is O=C(O)/C=C/c1cccc2c1OC1CC(O)C(NS(=O)(=O)c3ccc([N+](=O)[O-])cc3)C21. The molecule has 4 rings (SSSR count). The summed E-state index contributed by atoms with van der Waals surface area (Å²) in [6.45, 7) is 0. The van der Waals surface area contributed by atoms with Crippen LogP contribution in [0.4, 0.5) is 5.69 Å². The second-order valence-electron chi connectivity index (χ2n) is 7.32. The van der Waals surface area contributed by atoms with Gasteiger partial charge in [-0.05, 0) is 18.2 Å². The third-order valence-corrected chi connectivity index (χ3v) is 6.91. The molecule has 10 nitrogen and oxygen atoms in total. The molecule has 3 N–H and O–H groups in total. The van der Waals surface area contributed by atoms with E-state index in [0.29, 0.717) is 16.9 Å². The molecule has 0 spiro atoms. The van der Waals surface area contributed by atoms with Crippen molar-refractivity contribution in [3.05, 3.63) is 69.8 Å². The predicted molar refractivity (Wildman–Crippen MR) is 108 cm³/mol. The normalized spacial score (nSPS) is 24.5. The molecule has 1 fully saturated rings. The summed E-state index contributed by atoms with van der Waals surface area (Å²) in [7, 11) is -4.07. The molecule has 2 aliphatic rings. The molecule has 31 heavy (non-hydrogen) atoms. The Morgan fingerprint density at radius 1 is 1.23 bits per heavy atom. The summed E-state index contributed by atoms with van der Waals surface area (Å²) in [6.07, 6.45) is 1.09. The molecule has 1 saturated carbocycles. The fourth-order valence-corrected chi connectivity index (χ4v) is 5.37. The van der Waals surface area contributed by atoms with Crippen LogP contribution >= 0.6 is 0 Å². The maximum Gasteiger partial charge on any atom is 0.328 e. The average Bonchev–Trinajstić information content (AvgIpc) is 3.22. The first-order valence-corrected chi connectivity index (χ1v) is 10.8. The summed E-state index contributed by atoms with van der Waals surface area (Å²) in [5.41, 5.74) is 0.978. The van der Waals surface area contributed by atoms with E-state index in [9.17, 15) is 28.4 Å². The maximum atomic E-state index is 12.9. The quantitative estimate of drug-likeness (QED) is 0.343. The van der Waals surface area contributed by atoms with E-state index < -0.39 is 45.1 Å². The van der Waals surface area contributed by atoms with Gasteiger partial charge in [-0.1, -0.05) is 18.2 Å². The number of hydrogen-bond acceptors (Lipinski definition) is 7. The first-order chi connectivity index (χ1) is 14.7. The summed E-state index contributed by atoms with van der Waals surface area (Å²) >= 11 is 0. The third-order valence-electron chi connectivity index (χ3n) is 5.43. The Morgan fingerprint density at radius 3 is 2.58 bits per heavy atom. The Morgan fingerprint density at radius 2 is 1.94 bits per heavy atom. The number of aliphatic hydroxyl groups is 1. The summed E-state index contributed by atoms with van der Waals surface area (Å²) in [6, 6.07) is 8.72. The predicted octanol–water partition coefficient (Wildman–Crippen LogP) is 1.65. The van der Waals surface area contributed by atoms with Gasteiger partial charge in [0.15, 0.2) is 0 Å². The van der Waals surface area contributed by atoms with Gasteiger partial charge in [0.1, 0.15) is 11.9 Å². The van der Waals surface area contributed by atoms with Crippen LogP contribution in [0, 0.1) is 10.1 Å². The lowest BCUT2D eigenvalue weighted by molar-refractivity contribution is -0.384. The van der Waals surface area contributed by atoms with Crippen molar-refractivity contribution in [1.29, 1.82) is 0 Å². The summed E-state index contributed by atoms with van der Waals surface area (Å²) in [5.74, 6) is -1.13. The number of nitrogens with zero attached hydrogens (tertiary/aromatic N) is 1. The van der Waals surface area contributed by atoms with Crippen molar-refractivity contribution >= 4 is 27.8 Å². The summed E-state index contributed by atoms with van der Waals surface area (Å²) in [5, 5.41) is 30.2. The fourth-order valence-electron chi connectivity index (χ4n) is 4.08. The molecule has 2 aromatic rings. The number of nitro benzene ring substituents is 1. The van der Waals surface area contributed by atoms with Gasteiger partial charge < -0.3 is 14.9 Å². The highest BCUT2D eigenvalue weighted by Gasteiger charge is 2.51. The number of sulfonamides is 1. The molecule has 162 valence electrons. The van der Waals surface area contributed by atoms with Crippen molar-refractivity contribution in [2.45, 2.75) is 35.5 Å². The van der Waals surface area contributed by atoms with E-state index >= 15 is 0 Å².